The molecule has 0 radical (unpaired) electrons. The maximum absolute atomic E-state index is 13.8. The molecule has 0 saturated carbocycles. The molecule has 1 atom stereocenters. The lowest BCUT2D eigenvalue weighted by Gasteiger charge is -2.17. The number of benzene rings is 1. The first-order chi connectivity index (χ1) is 12.0. The van der Waals surface area contributed by atoms with Crippen molar-refractivity contribution in [2.75, 3.05) is 20.2 Å². The van der Waals surface area contributed by atoms with Crippen LogP contribution in [0.25, 0.3) is 0 Å². The zero-order chi connectivity index (χ0) is 18.0. The van der Waals surface area contributed by atoms with Crippen molar-refractivity contribution < 1.29 is 27.4 Å². The molecule has 0 spiro atoms. The fourth-order valence-corrected chi connectivity index (χ4v) is 2.52. The molecular formula is C16H14F3N3O3. The number of aromatic nitrogens is 2. The molecule has 25 heavy (non-hydrogen) atoms. The van der Waals surface area contributed by atoms with E-state index in [9.17, 15) is 18.0 Å². The Morgan fingerprint density at radius 2 is 1.84 bits per heavy atom. The third-order valence-electron chi connectivity index (χ3n) is 3.81. The van der Waals surface area contributed by atoms with Crippen molar-refractivity contribution in [1.29, 1.82) is 0 Å². The van der Waals surface area contributed by atoms with E-state index in [4.69, 9.17) is 9.47 Å². The summed E-state index contributed by atoms with van der Waals surface area (Å²) in [5.41, 5.74) is -0.510. The maximum Gasteiger partial charge on any atom is 0.257 e. The van der Waals surface area contributed by atoms with Crippen molar-refractivity contribution in [1.82, 2.24) is 15.1 Å². The number of carbonyl (C=O) groups is 1. The topological polar surface area (TPSA) is 64.6 Å². The molecule has 1 unspecified atom stereocenters. The maximum atomic E-state index is 13.8. The van der Waals surface area contributed by atoms with Gasteiger partial charge in [0.1, 0.15) is 6.10 Å². The Labute approximate surface area is 141 Å². The minimum Gasteiger partial charge on any atom is -0.480 e. The molecule has 0 aliphatic carbocycles. The minimum atomic E-state index is -1.66. The lowest BCUT2D eigenvalue weighted by molar-refractivity contribution is 0.0765. The van der Waals surface area contributed by atoms with Gasteiger partial charge in [0.15, 0.2) is 17.5 Å². The Kier molecular flexibility index (Phi) is 4.73. The Bertz CT molecular complexity index is 786. The molecule has 1 amide bonds. The first kappa shape index (κ1) is 17.0. The summed E-state index contributed by atoms with van der Waals surface area (Å²) in [6.07, 6.45) is 0.130. The molecule has 1 saturated heterocycles. The Morgan fingerprint density at radius 1 is 1.12 bits per heavy atom. The Hall–Kier alpha value is -2.84. The number of methoxy groups -OCH3 is 1. The van der Waals surface area contributed by atoms with E-state index >= 15 is 0 Å². The van der Waals surface area contributed by atoms with E-state index < -0.39 is 28.9 Å². The number of nitrogens with zero attached hydrogens (tertiary/aromatic N) is 3. The largest absolute Gasteiger partial charge is 0.480 e. The van der Waals surface area contributed by atoms with Crippen molar-refractivity contribution in [3.8, 4) is 11.8 Å². The Morgan fingerprint density at radius 3 is 2.52 bits per heavy atom. The van der Waals surface area contributed by atoms with Gasteiger partial charge in [0, 0.05) is 25.1 Å². The van der Waals surface area contributed by atoms with Crippen LogP contribution in [0.15, 0.2) is 24.3 Å². The molecule has 0 N–H and O–H groups in total. The van der Waals surface area contributed by atoms with Crippen LogP contribution in [0.3, 0.4) is 0 Å². The number of halogens is 3. The molecular weight excluding hydrogens is 339 g/mol. The number of rotatable bonds is 4. The van der Waals surface area contributed by atoms with Crippen LogP contribution in [0.1, 0.15) is 16.8 Å². The zero-order valence-electron chi connectivity index (χ0n) is 13.2. The van der Waals surface area contributed by atoms with Crippen LogP contribution >= 0.6 is 0 Å². The van der Waals surface area contributed by atoms with Crippen LogP contribution in [-0.4, -0.2) is 47.3 Å². The monoisotopic (exact) mass is 353 g/mol. The summed E-state index contributed by atoms with van der Waals surface area (Å²) >= 11 is 0. The smallest absolute Gasteiger partial charge is 0.257 e. The SMILES string of the molecule is COc1ccc(OC2CCN(C(=O)c3ccc(F)c(F)c3F)C2)nn1. The third-order valence-corrected chi connectivity index (χ3v) is 3.81. The normalized spacial score (nSPS) is 16.8. The highest BCUT2D eigenvalue weighted by atomic mass is 19.2. The van der Waals surface area contributed by atoms with Gasteiger partial charge >= 0.3 is 0 Å². The second-order valence-corrected chi connectivity index (χ2v) is 5.42. The van der Waals surface area contributed by atoms with E-state index in [1.54, 1.807) is 12.1 Å². The third kappa shape index (κ3) is 3.49. The van der Waals surface area contributed by atoms with E-state index in [2.05, 4.69) is 10.2 Å². The molecule has 3 rings (SSSR count). The van der Waals surface area contributed by atoms with Crippen LogP contribution in [0.2, 0.25) is 0 Å². The first-order valence-corrected chi connectivity index (χ1v) is 7.46. The summed E-state index contributed by atoms with van der Waals surface area (Å²) < 4.78 is 50.5. The summed E-state index contributed by atoms with van der Waals surface area (Å²) in [7, 11) is 1.46. The number of amides is 1. The minimum absolute atomic E-state index is 0.172. The second-order valence-electron chi connectivity index (χ2n) is 5.42. The molecule has 6 nitrogen and oxygen atoms in total. The highest BCUT2D eigenvalue weighted by molar-refractivity contribution is 5.94. The lowest BCUT2D eigenvalue weighted by Crippen LogP contribution is -2.31. The molecule has 1 aromatic carbocycles. The number of hydrogen-bond acceptors (Lipinski definition) is 5. The van der Waals surface area contributed by atoms with E-state index in [1.807, 2.05) is 0 Å². The van der Waals surface area contributed by atoms with Gasteiger partial charge in [-0.3, -0.25) is 4.79 Å². The highest BCUT2D eigenvalue weighted by Crippen LogP contribution is 2.22. The quantitative estimate of drug-likeness (QED) is 0.789. The van der Waals surface area contributed by atoms with Gasteiger partial charge < -0.3 is 14.4 Å². The van der Waals surface area contributed by atoms with Crippen LogP contribution in [0.4, 0.5) is 13.2 Å². The van der Waals surface area contributed by atoms with Crippen LogP contribution < -0.4 is 9.47 Å². The molecule has 1 aliphatic heterocycles. The predicted octanol–water partition coefficient (Wildman–Crippen LogP) is 2.20. The van der Waals surface area contributed by atoms with Crippen molar-refractivity contribution in [3.63, 3.8) is 0 Å². The standard InChI is InChI=1S/C16H14F3N3O3/c1-24-12-4-5-13(21-20-12)25-9-6-7-22(8-9)16(23)10-2-3-11(17)15(19)14(10)18/h2-5,9H,6-8H2,1H3. The molecule has 1 aromatic heterocycles. The molecule has 1 aliphatic rings. The lowest BCUT2D eigenvalue weighted by atomic mass is 10.1. The average molecular weight is 353 g/mol. The summed E-state index contributed by atoms with van der Waals surface area (Å²) in [4.78, 5) is 13.6. The average Bonchev–Trinajstić information content (AvgIpc) is 3.08. The predicted molar refractivity (Wildman–Crippen MR) is 79.8 cm³/mol. The van der Waals surface area contributed by atoms with Crippen molar-refractivity contribution in [3.05, 3.63) is 47.3 Å². The number of likely N-dealkylation sites (tertiary alicyclic amines) is 1. The fraction of sp³-hybridized carbons (Fsp3) is 0.312. The highest BCUT2D eigenvalue weighted by Gasteiger charge is 2.31. The van der Waals surface area contributed by atoms with Gasteiger partial charge in [0.05, 0.1) is 19.2 Å². The molecule has 0 bridgehead atoms. The number of carbonyl (C=O) groups excluding carboxylic acids is 1. The first-order valence-electron chi connectivity index (χ1n) is 7.46. The zero-order valence-corrected chi connectivity index (χ0v) is 13.2. The molecule has 9 heteroatoms. The van der Waals surface area contributed by atoms with Gasteiger partial charge in [0.2, 0.25) is 11.8 Å². The van der Waals surface area contributed by atoms with E-state index in [0.29, 0.717) is 18.8 Å². The summed E-state index contributed by atoms with van der Waals surface area (Å²) in [5.74, 6) is -4.61. The van der Waals surface area contributed by atoms with Gasteiger partial charge in [-0.05, 0) is 12.1 Å². The number of ether oxygens (including phenoxy) is 2. The molecule has 2 heterocycles. The van der Waals surface area contributed by atoms with Gasteiger partial charge in [-0.25, -0.2) is 13.2 Å². The van der Waals surface area contributed by atoms with Crippen molar-refractivity contribution in [2.45, 2.75) is 12.5 Å². The van der Waals surface area contributed by atoms with E-state index in [-0.39, 0.29) is 18.5 Å². The second kappa shape index (κ2) is 6.96. The Balaban J connectivity index is 1.66. The van der Waals surface area contributed by atoms with Crippen molar-refractivity contribution in [2.24, 2.45) is 0 Å². The molecule has 2 aromatic rings. The van der Waals surface area contributed by atoms with Crippen LogP contribution in [-0.2, 0) is 0 Å². The fourth-order valence-electron chi connectivity index (χ4n) is 2.52. The van der Waals surface area contributed by atoms with E-state index in [0.717, 1.165) is 12.1 Å². The van der Waals surface area contributed by atoms with Gasteiger partial charge in [-0.1, -0.05) is 0 Å². The van der Waals surface area contributed by atoms with Crippen LogP contribution in [0, 0.1) is 17.5 Å². The summed E-state index contributed by atoms with van der Waals surface area (Å²) in [5, 5.41) is 7.59. The van der Waals surface area contributed by atoms with Gasteiger partial charge in [-0.2, -0.15) is 0 Å². The molecule has 1 fully saturated rings. The number of hydrogen-bond donors (Lipinski definition) is 0. The summed E-state index contributed by atoms with van der Waals surface area (Å²) in [6, 6.07) is 4.81. The van der Waals surface area contributed by atoms with E-state index in [1.165, 1.54) is 12.0 Å². The van der Waals surface area contributed by atoms with Gasteiger partial charge in [-0.15, -0.1) is 10.2 Å². The summed E-state index contributed by atoms with van der Waals surface area (Å²) in [6.45, 7) is 0.469. The molecule has 132 valence electrons. The van der Waals surface area contributed by atoms with Crippen LogP contribution in [0.5, 0.6) is 11.8 Å². The van der Waals surface area contributed by atoms with Crippen molar-refractivity contribution >= 4 is 5.91 Å². The van der Waals surface area contributed by atoms with Gasteiger partial charge in [0.25, 0.3) is 5.91 Å².